The summed E-state index contributed by atoms with van der Waals surface area (Å²) >= 11 is 0. The third-order valence-electron chi connectivity index (χ3n) is 5.91. The van der Waals surface area contributed by atoms with E-state index in [0.717, 1.165) is 54.6 Å². The molecule has 2 N–H and O–H groups in total. The van der Waals surface area contributed by atoms with Gasteiger partial charge in [0, 0.05) is 38.2 Å². The van der Waals surface area contributed by atoms with Crippen LogP contribution in [0.2, 0.25) is 0 Å². The topological polar surface area (TPSA) is 75.2 Å². The zero-order chi connectivity index (χ0) is 21.6. The smallest absolute Gasteiger partial charge is 0.224 e. The van der Waals surface area contributed by atoms with Gasteiger partial charge in [0.2, 0.25) is 5.91 Å². The van der Waals surface area contributed by atoms with Crippen molar-refractivity contribution >= 4 is 17.6 Å². The molecule has 0 saturated carbocycles. The number of nitrogens with one attached hydrogen (secondary N) is 2. The van der Waals surface area contributed by atoms with Gasteiger partial charge in [0.1, 0.15) is 18.1 Å². The van der Waals surface area contributed by atoms with Crippen molar-refractivity contribution in [2.75, 3.05) is 45.7 Å². The third kappa shape index (κ3) is 5.10. The number of carbonyl (C=O) groups is 1. The van der Waals surface area contributed by atoms with E-state index in [9.17, 15) is 4.79 Å². The molecule has 2 aromatic carbocycles. The standard InChI is InChI=1S/C24H30N4O3/c1-25-24(28-13-11-19(16-28)17-3-6-20(30-2)7-4-17)26-12-14-31-21-8-9-22-18(15-21)5-10-23(29)27-22/h3-4,6-9,15,19H,5,10-14,16H2,1-2H3,(H,25,26)(H,27,29). The number of aliphatic imine (C=N–C) groups is 1. The monoisotopic (exact) mass is 422 g/mol. The Morgan fingerprint density at radius 1 is 1.19 bits per heavy atom. The Morgan fingerprint density at radius 2 is 2.00 bits per heavy atom. The lowest BCUT2D eigenvalue weighted by molar-refractivity contribution is -0.116. The second-order valence-electron chi connectivity index (χ2n) is 7.89. The number of benzene rings is 2. The number of carbonyl (C=O) groups excluding carboxylic acids is 1. The minimum atomic E-state index is 0.0768. The fraction of sp³-hybridized carbons (Fsp3) is 0.417. The molecule has 31 heavy (non-hydrogen) atoms. The van der Waals surface area contributed by atoms with Crippen LogP contribution in [0.5, 0.6) is 11.5 Å². The summed E-state index contributed by atoms with van der Waals surface area (Å²) in [6.07, 6.45) is 2.39. The number of hydrogen-bond donors (Lipinski definition) is 2. The number of methoxy groups -OCH3 is 1. The highest BCUT2D eigenvalue weighted by atomic mass is 16.5. The van der Waals surface area contributed by atoms with Crippen molar-refractivity contribution < 1.29 is 14.3 Å². The van der Waals surface area contributed by atoms with Crippen LogP contribution in [0.15, 0.2) is 47.5 Å². The van der Waals surface area contributed by atoms with Crippen LogP contribution in [0.4, 0.5) is 5.69 Å². The molecule has 1 saturated heterocycles. The van der Waals surface area contributed by atoms with Crippen LogP contribution >= 0.6 is 0 Å². The summed E-state index contributed by atoms with van der Waals surface area (Å²) in [7, 11) is 3.51. The molecule has 0 aliphatic carbocycles. The maximum Gasteiger partial charge on any atom is 0.224 e. The first-order valence-electron chi connectivity index (χ1n) is 10.8. The molecule has 0 bridgehead atoms. The molecule has 1 unspecified atom stereocenters. The minimum absolute atomic E-state index is 0.0768. The van der Waals surface area contributed by atoms with Crippen molar-refractivity contribution in [1.29, 1.82) is 0 Å². The van der Waals surface area contributed by atoms with Gasteiger partial charge >= 0.3 is 0 Å². The number of amides is 1. The predicted octanol–water partition coefficient (Wildman–Crippen LogP) is 3.02. The first kappa shape index (κ1) is 21.0. The maximum atomic E-state index is 11.5. The SMILES string of the molecule is CN=C(NCCOc1ccc2c(c1)CCC(=O)N2)N1CCC(c2ccc(OC)cc2)C1. The van der Waals surface area contributed by atoms with Gasteiger partial charge in [-0.3, -0.25) is 9.79 Å². The summed E-state index contributed by atoms with van der Waals surface area (Å²) in [5, 5.41) is 6.31. The lowest BCUT2D eigenvalue weighted by Gasteiger charge is -2.22. The van der Waals surface area contributed by atoms with E-state index in [4.69, 9.17) is 9.47 Å². The zero-order valence-corrected chi connectivity index (χ0v) is 18.2. The number of nitrogens with zero attached hydrogens (tertiary/aromatic N) is 2. The quantitative estimate of drug-likeness (QED) is 0.425. The van der Waals surface area contributed by atoms with Gasteiger partial charge in [-0.25, -0.2) is 0 Å². The Balaban J connectivity index is 1.24. The summed E-state index contributed by atoms with van der Waals surface area (Å²) in [4.78, 5) is 18.2. The average molecular weight is 423 g/mol. The molecule has 164 valence electrons. The van der Waals surface area contributed by atoms with Gasteiger partial charge in [-0.2, -0.15) is 0 Å². The Kier molecular flexibility index (Phi) is 6.60. The van der Waals surface area contributed by atoms with Crippen LogP contribution < -0.4 is 20.1 Å². The van der Waals surface area contributed by atoms with Gasteiger partial charge in [-0.1, -0.05) is 12.1 Å². The van der Waals surface area contributed by atoms with Crippen molar-refractivity contribution in [1.82, 2.24) is 10.2 Å². The molecule has 2 aliphatic rings. The Morgan fingerprint density at radius 3 is 2.77 bits per heavy atom. The highest BCUT2D eigenvalue weighted by molar-refractivity contribution is 5.94. The van der Waals surface area contributed by atoms with Crippen molar-refractivity contribution in [3.63, 3.8) is 0 Å². The largest absolute Gasteiger partial charge is 0.497 e. The third-order valence-corrected chi connectivity index (χ3v) is 5.91. The molecule has 1 fully saturated rings. The van der Waals surface area contributed by atoms with E-state index in [1.165, 1.54) is 5.56 Å². The van der Waals surface area contributed by atoms with E-state index in [0.29, 0.717) is 25.5 Å². The van der Waals surface area contributed by atoms with E-state index in [1.807, 2.05) is 37.4 Å². The van der Waals surface area contributed by atoms with Crippen molar-refractivity contribution in [2.45, 2.75) is 25.2 Å². The number of fused-ring (bicyclic) bond motifs is 1. The molecule has 0 spiro atoms. The second-order valence-corrected chi connectivity index (χ2v) is 7.89. The number of hydrogen-bond acceptors (Lipinski definition) is 4. The van der Waals surface area contributed by atoms with Crippen molar-refractivity contribution in [2.24, 2.45) is 4.99 Å². The van der Waals surface area contributed by atoms with E-state index >= 15 is 0 Å². The second kappa shape index (κ2) is 9.73. The van der Waals surface area contributed by atoms with Crippen LogP contribution in [0.1, 0.15) is 29.9 Å². The van der Waals surface area contributed by atoms with Crippen molar-refractivity contribution in [3.8, 4) is 11.5 Å². The lowest BCUT2D eigenvalue weighted by atomic mass is 9.98. The van der Waals surface area contributed by atoms with Gasteiger partial charge < -0.3 is 25.0 Å². The lowest BCUT2D eigenvalue weighted by Crippen LogP contribution is -2.41. The number of ether oxygens (including phenoxy) is 2. The normalized spacial score (nSPS) is 18.4. The molecule has 2 aromatic rings. The van der Waals surface area contributed by atoms with Crippen LogP contribution in [0, 0.1) is 0 Å². The molecule has 0 radical (unpaired) electrons. The van der Waals surface area contributed by atoms with E-state index < -0.39 is 0 Å². The molecular formula is C24H30N4O3. The molecule has 0 aromatic heterocycles. The van der Waals surface area contributed by atoms with Gasteiger partial charge in [-0.05, 0) is 54.3 Å². The number of rotatable bonds is 6. The summed E-state index contributed by atoms with van der Waals surface area (Å²) in [6.45, 7) is 3.14. The summed E-state index contributed by atoms with van der Waals surface area (Å²) < 4.78 is 11.2. The zero-order valence-electron chi connectivity index (χ0n) is 18.2. The van der Waals surface area contributed by atoms with Gasteiger partial charge in [0.15, 0.2) is 5.96 Å². The Labute approximate surface area is 183 Å². The molecular weight excluding hydrogens is 392 g/mol. The molecule has 1 atom stereocenters. The summed E-state index contributed by atoms with van der Waals surface area (Å²) in [5.74, 6) is 3.20. The van der Waals surface area contributed by atoms with Gasteiger partial charge in [-0.15, -0.1) is 0 Å². The molecule has 2 heterocycles. The van der Waals surface area contributed by atoms with E-state index in [1.54, 1.807) is 7.11 Å². The summed E-state index contributed by atoms with van der Waals surface area (Å²) in [6, 6.07) is 14.2. The van der Waals surface area contributed by atoms with Gasteiger partial charge in [0.25, 0.3) is 0 Å². The maximum absolute atomic E-state index is 11.5. The predicted molar refractivity (Wildman–Crippen MR) is 122 cm³/mol. The number of aryl methyl sites for hydroxylation is 1. The minimum Gasteiger partial charge on any atom is -0.497 e. The van der Waals surface area contributed by atoms with E-state index in [-0.39, 0.29) is 5.91 Å². The van der Waals surface area contributed by atoms with Crippen LogP contribution in [-0.2, 0) is 11.2 Å². The number of guanidine groups is 1. The Bertz CT molecular complexity index is 942. The average Bonchev–Trinajstić information content (AvgIpc) is 3.29. The highest BCUT2D eigenvalue weighted by Crippen LogP contribution is 2.29. The van der Waals surface area contributed by atoms with Crippen LogP contribution in [0.25, 0.3) is 0 Å². The number of likely N-dealkylation sites (tertiary alicyclic amines) is 1. The Hall–Kier alpha value is -3.22. The van der Waals surface area contributed by atoms with Crippen molar-refractivity contribution in [3.05, 3.63) is 53.6 Å². The fourth-order valence-corrected chi connectivity index (χ4v) is 4.21. The van der Waals surface area contributed by atoms with Crippen LogP contribution in [0.3, 0.4) is 0 Å². The number of anilines is 1. The van der Waals surface area contributed by atoms with E-state index in [2.05, 4.69) is 32.7 Å². The highest BCUT2D eigenvalue weighted by Gasteiger charge is 2.26. The molecule has 1 amide bonds. The first-order valence-corrected chi connectivity index (χ1v) is 10.8. The van der Waals surface area contributed by atoms with Crippen LogP contribution in [-0.4, -0.2) is 57.2 Å². The summed E-state index contributed by atoms with van der Waals surface area (Å²) in [5.41, 5.74) is 3.36. The molecule has 4 rings (SSSR count). The van der Waals surface area contributed by atoms with Gasteiger partial charge in [0.05, 0.1) is 13.7 Å². The molecule has 7 nitrogen and oxygen atoms in total. The molecule has 7 heteroatoms. The first-order chi connectivity index (χ1) is 15.2. The molecule has 2 aliphatic heterocycles. The fourth-order valence-electron chi connectivity index (χ4n) is 4.21.